The first-order valence-corrected chi connectivity index (χ1v) is 13.3. The second kappa shape index (κ2) is 11.0. The number of pyridine rings is 1. The summed E-state index contributed by atoms with van der Waals surface area (Å²) in [6, 6.07) is 6.84. The summed E-state index contributed by atoms with van der Waals surface area (Å²) in [7, 11) is 1.32. The van der Waals surface area contributed by atoms with Crippen LogP contribution in [0.3, 0.4) is 0 Å². The number of fused-ring (bicyclic) bond motifs is 1. The van der Waals surface area contributed by atoms with E-state index in [1.807, 2.05) is 13.0 Å². The number of methoxy groups -OCH3 is 1. The molecule has 3 heterocycles. The standard InChI is InChI=1S/C29H33F2N7O3/c1-15-9-16(10-22(32)26(15)36-28(39)41-4)19-7-8-33-14-24(19)35-27-34-13-18-5-6-23(37-38(18)27)25-20(30)11-17(12-21(25)31)29(2,3)40/h5-8,11-16,22,26,40H,9-10,32H2,1-4H3,(H,34,35)(H,36,39). The highest BCUT2D eigenvalue weighted by atomic mass is 19.1. The van der Waals surface area contributed by atoms with Crippen molar-refractivity contribution >= 4 is 23.2 Å². The van der Waals surface area contributed by atoms with Crippen LogP contribution in [0.5, 0.6) is 0 Å². The molecule has 0 bridgehead atoms. The molecule has 5 N–H and O–H groups in total. The third-order valence-corrected chi connectivity index (χ3v) is 7.69. The third kappa shape index (κ3) is 5.70. The van der Waals surface area contributed by atoms with Crippen molar-refractivity contribution in [3.8, 4) is 11.3 Å². The molecule has 1 aromatic carbocycles. The van der Waals surface area contributed by atoms with Gasteiger partial charge < -0.3 is 26.2 Å². The zero-order chi connectivity index (χ0) is 29.5. The number of benzene rings is 1. The summed E-state index contributed by atoms with van der Waals surface area (Å²) in [6.07, 6.45) is 5.88. The summed E-state index contributed by atoms with van der Waals surface area (Å²) in [5.74, 6) is -1.16. The van der Waals surface area contributed by atoms with E-state index in [0.717, 1.165) is 24.1 Å². The lowest BCUT2D eigenvalue weighted by atomic mass is 9.73. The Morgan fingerprint density at radius 2 is 1.90 bits per heavy atom. The predicted octanol–water partition coefficient (Wildman–Crippen LogP) is 4.61. The highest BCUT2D eigenvalue weighted by Gasteiger charge is 2.36. The minimum atomic E-state index is -1.40. The fourth-order valence-electron chi connectivity index (χ4n) is 5.55. The molecule has 0 spiro atoms. The maximum absolute atomic E-state index is 15.1. The summed E-state index contributed by atoms with van der Waals surface area (Å²) in [6.45, 7) is 4.96. The molecule has 0 aliphatic heterocycles. The summed E-state index contributed by atoms with van der Waals surface area (Å²) < 4.78 is 36.3. The van der Waals surface area contributed by atoms with E-state index >= 15 is 8.78 Å². The van der Waals surface area contributed by atoms with Crippen molar-refractivity contribution in [1.29, 1.82) is 0 Å². The van der Waals surface area contributed by atoms with E-state index in [1.165, 1.54) is 31.5 Å². The smallest absolute Gasteiger partial charge is 0.407 e. The van der Waals surface area contributed by atoms with Crippen LogP contribution in [0.1, 0.15) is 50.7 Å². The molecule has 0 saturated heterocycles. The Balaban J connectivity index is 1.44. The minimum Gasteiger partial charge on any atom is -0.453 e. The number of rotatable bonds is 6. The topological polar surface area (TPSA) is 140 Å². The van der Waals surface area contributed by atoms with Crippen molar-refractivity contribution in [2.75, 3.05) is 12.4 Å². The molecule has 1 aliphatic rings. The van der Waals surface area contributed by atoms with E-state index in [0.29, 0.717) is 23.6 Å². The molecule has 1 aliphatic carbocycles. The number of hydrogen-bond donors (Lipinski definition) is 4. The fraction of sp³-hybridized carbons (Fsp3) is 0.379. The number of carbonyl (C=O) groups excluding carboxylic acids is 1. The van der Waals surface area contributed by atoms with Gasteiger partial charge in [-0.15, -0.1) is 0 Å². The Morgan fingerprint density at radius 3 is 2.56 bits per heavy atom. The maximum atomic E-state index is 15.1. The van der Waals surface area contributed by atoms with Crippen LogP contribution in [0.25, 0.3) is 16.8 Å². The first-order valence-electron chi connectivity index (χ1n) is 13.3. The molecule has 4 atom stereocenters. The Bertz CT molecular complexity index is 1550. The summed E-state index contributed by atoms with van der Waals surface area (Å²) in [4.78, 5) is 20.5. The van der Waals surface area contributed by atoms with Gasteiger partial charge in [-0.25, -0.2) is 18.6 Å². The van der Waals surface area contributed by atoms with Crippen molar-refractivity contribution < 1.29 is 23.4 Å². The van der Waals surface area contributed by atoms with Gasteiger partial charge >= 0.3 is 6.09 Å². The van der Waals surface area contributed by atoms with Crippen molar-refractivity contribution in [2.24, 2.45) is 11.7 Å². The molecule has 10 nitrogen and oxygen atoms in total. The van der Waals surface area contributed by atoms with E-state index in [4.69, 9.17) is 10.5 Å². The Kier molecular flexibility index (Phi) is 7.62. The normalized spacial score (nSPS) is 21.1. The van der Waals surface area contributed by atoms with Crippen LogP contribution >= 0.6 is 0 Å². The molecule has 1 amide bonds. The zero-order valence-electron chi connectivity index (χ0n) is 23.2. The lowest BCUT2D eigenvalue weighted by molar-refractivity contribution is 0.0779. The first kappa shape index (κ1) is 28.4. The molecule has 41 heavy (non-hydrogen) atoms. The molecule has 1 saturated carbocycles. The molecule has 0 radical (unpaired) electrons. The highest BCUT2D eigenvalue weighted by Crippen LogP contribution is 2.39. The van der Waals surface area contributed by atoms with E-state index < -0.39 is 23.3 Å². The quantitative estimate of drug-likeness (QED) is 0.266. The number of aliphatic hydroxyl groups is 1. The van der Waals surface area contributed by atoms with Crippen molar-refractivity contribution in [3.63, 3.8) is 0 Å². The summed E-state index contributed by atoms with van der Waals surface area (Å²) >= 11 is 0. The van der Waals surface area contributed by atoms with E-state index in [2.05, 4.69) is 25.7 Å². The number of carbonyl (C=O) groups is 1. The highest BCUT2D eigenvalue weighted by molar-refractivity contribution is 5.68. The molecule has 1 fully saturated rings. The molecule has 12 heteroatoms. The maximum Gasteiger partial charge on any atom is 0.407 e. The number of halogens is 2. The third-order valence-electron chi connectivity index (χ3n) is 7.69. The van der Waals surface area contributed by atoms with Crippen LogP contribution in [-0.2, 0) is 10.3 Å². The molecular formula is C29H33F2N7O3. The van der Waals surface area contributed by atoms with Crippen molar-refractivity contribution in [3.05, 3.63) is 71.7 Å². The van der Waals surface area contributed by atoms with Gasteiger partial charge in [0.2, 0.25) is 5.95 Å². The van der Waals surface area contributed by atoms with Crippen LogP contribution in [0.2, 0.25) is 0 Å². The largest absolute Gasteiger partial charge is 0.453 e. The van der Waals surface area contributed by atoms with E-state index in [9.17, 15) is 9.90 Å². The monoisotopic (exact) mass is 565 g/mol. The van der Waals surface area contributed by atoms with Crippen LogP contribution in [0.15, 0.2) is 48.9 Å². The SMILES string of the molecule is COC(=O)NC1C(C)CC(c2ccncc2Nc2ncc3ccc(-c4c(F)cc(C(C)(C)O)cc4F)nn23)CC1N. The van der Waals surface area contributed by atoms with Gasteiger partial charge in [-0.1, -0.05) is 6.92 Å². The average molecular weight is 566 g/mol. The molecule has 4 aromatic rings. The van der Waals surface area contributed by atoms with Gasteiger partial charge in [0.1, 0.15) is 11.6 Å². The van der Waals surface area contributed by atoms with Crippen LogP contribution < -0.4 is 16.4 Å². The average Bonchev–Trinajstić information content (AvgIpc) is 3.31. The number of nitrogens with one attached hydrogen (secondary N) is 2. The van der Waals surface area contributed by atoms with Crippen LogP contribution in [-0.4, -0.2) is 50.0 Å². The number of imidazole rings is 1. The lowest BCUT2D eigenvalue weighted by Crippen LogP contribution is -2.54. The zero-order valence-corrected chi connectivity index (χ0v) is 23.2. The minimum absolute atomic E-state index is 0.0680. The van der Waals surface area contributed by atoms with E-state index in [-0.39, 0.29) is 40.7 Å². The Labute approximate surface area is 236 Å². The fourth-order valence-corrected chi connectivity index (χ4v) is 5.55. The van der Waals surface area contributed by atoms with Crippen molar-refractivity contribution in [2.45, 2.75) is 57.2 Å². The second-order valence-corrected chi connectivity index (χ2v) is 11.1. The van der Waals surface area contributed by atoms with Gasteiger partial charge in [0.05, 0.1) is 47.6 Å². The molecule has 216 valence electrons. The van der Waals surface area contributed by atoms with Gasteiger partial charge in [0.15, 0.2) is 0 Å². The molecule has 5 rings (SSSR count). The molecular weight excluding hydrogens is 532 g/mol. The van der Waals surface area contributed by atoms with Gasteiger partial charge in [0.25, 0.3) is 0 Å². The molecule has 3 aromatic heterocycles. The number of aromatic nitrogens is 4. The number of alkyl carbamates (subject to hydrolysis) is 1. The number of nitrogens with zero attached hydrogens (tertiary/aromatic N) is 4. The van der Waals surface area contributed by atoms with Gasteiger partial charge in [-0.05, 0) is 80.0 Å². The number of amides is 1. The van der Waals surface area contributed by atoms with Crippen LogP contribution in [0.4, 0.5) is 25.2 Å². The number of nitrogens with two attached hydrogens (primary N) is 1. The summed E-state index contributed by atoms with van der Waals surface area (Å²) in [5, 5.41) is 20.8. The van der Waals surface area contributed by atoms with Crippen LogP contribution in [0, 0.1) is 17.6 Å². The van der Waals surface area contributed by atoms with E-state index in [1.54, 1.807) is 24.7 Å². The van der Waals surface area contributed by atoms with Gasteiger partial charge in [-0.2, -0.15) is 9.61 Å². The van der Waals surface area contributed by atoms with Crippen molar-refractivity contribution in [1.82, 2.24) is 24.9 Å². The van der Waals surface area contributed by atoms with Gasteiger partial charge in [-0.3, -0.25) is 4.98 Å². The lowest BCUT2D eigenvalue weighted by Gasteiger charge is -2.39. The number of ether oxygens (including phenoxy) is 1. The summed E-state index contributed by atoms with van der Waals surface area (Å²) in [5.41, 5.74) is 7.25. The van der Waals surface area contributed by atoms with Gasteiger partial charge in [0, 0.05) is 18.3 Å². The molecule has 4 unspecified atom stereocenters. The predicted molar refractivity (Wildman–Crippen MR) is 150 cm³/mol. The Morgan fingerprint density at radius 1 is 1.17 bits per heavy atom. The second-order valence-electron chi connectivity index (χ2n) is 11.1. The number of anilines is 2. The first-order chi connectivity index (χ1) is 19.5. The number of hydrogen-bond acceptors (Lipinski definition) is 8. The Hall–Kier alpha value is -4.16.